The van der Waals surface area contributed by atoms with Crippen molar-refractivity contribution in [2.24, 2.45) is 0 Å². The molecule has 0 atom stereocenters. The van der Waals surface area contributed by atoms with Crippen LogP contribution in [0.25, 0.3) is 11.3 Å². The van der Waals surface area contributed by atoms with Gasteiger partial charge in [-0.15, -0.1) is 11.3 Å². The van der Waals surface area contributed by atoms with Gasteiger partial charge in [-0.05, 0) is 0 Å². The Hall–Kier alpha value is -1.68. The molecule has 1 amide bonds. The monoisotopic (exact) mass is 232 g/mol. The molecule has 2 rings (SSSR count). The Kier molecular flexibility index (Phi) is 3.01. The van der Waals surface area contributed by atoms with Gasteiger partial charge in [0.1, 0.15) is 0 Å². The van der Waals surface area contributed by atoms with Crippen molar-refractivity contribution in [1.29, 1.82) is 0 Å². The third kappa shape index (κ3) is 2.12. The van der Waals surface area contributed by atoms with Crippen LogP contribution >= 0.6 is 11.3 Å². The first-order chi connectivity index (χ1) is 7.68. The maximum atomic E-state index is 11.2. The van der Waals surface area contributed by atoms with E-state index in [2.05, 4.69) is 4.98 Å². The van der Waals surface area contributed by atoms with Gasteiger partial charge in [-0.2, -0.15) is 0 Å². The van der Waals surface area contributed by atoms with Crippen LogP contribution in [0.2, 0.25) is 0 Å². The van der Waals surface area contributed by atoms with Crippen molar-refractivity contribution < 1.29 is 4.79 Å². The van der Waals surface area contributed by atoms with Crippen molar-refractivity contribution in [3.8, 4) is 11.3 Å². The van der Waals surface area contributed by atoms with Crippen molar-refractivity contribution in [2.45, 2.75) is 6.92 Å². The molecular formula is C12H12N2OS. The van der Waals surface area contributed by atoms with Gasteiger partial charge in [0.05, 0.1) is 5.69 Å². The number of nitrogens with zero attached hydrogens (tertiary/aromatic N) is 2. The van der Waals surface area contributed by atoms with Gasteiger partial charge in [0, 0.05) is 24.9 Å². The maximum absolute atomic E-state index is 11.2. The lowest BCUT2D eigenvalue weighted by atomic mass is 10.2. The second-order valence-electron chi connectivity index (χ2n) is 3.46. The van der Waals surface area contributed by atoms with Crippen LogP contribution in [0.5, 0.6) is 0 Å². The van der Waals surface area contributed by atoms with Crippen LogP contribution in [0, 0.1) is 0 Å². The fraction of sp³-hybridized carbons (Fsp3) is 0.167. The minimum Gasteiger partial charge on any atom is -0.291 e. The van der Waals surface area contributed by atoms with Crippen LogP contribution in [0.1, 0.15) is 6.92 Å². The molecule has 2 aromatic rings. The minimum absolute atomic E-state index is 0.00559. The molecule has 0 spiro atoms. The van der Waals surface area contributed by atoms with Gasteiger partial charge in [-0.1, -0.05) is 30.3 Å². The van der Waals surface area contributed by atoms with Gasteiger partial charge in [0.15, 0.2) is 5.13 Å². The summed E-state index contributed by atoms with van der Waals surface area (Å²) in [6.45, 7) is 1.53. The van der Waals surface area contributed by atoms with Crippen LogP contribution in [-0.4, -0.2) is 17.9 Å². The van der Waals surface area contributed by atoms with E-state index >= 15 is 0 Å². The smallest absolute Gasteiger partial charge is 0.225 e. The van der Waals surface area contributed by atoms with E-state index in [-0.39, 0.29) is 5.91 Å². The topological polar surface area (TPSA) is 33.2 Å². The number of thiazole rings is 1. The Morgan fingerprint density at radius 3 is 2.62 bits per heavy atom. The van der Waals surface area contributed by atoms with Gasteiger partial charge in [0.2, 0.25) is 5.91 Å². The molecule has 1 heterocycles. The third-order valence-corrected chi connectivity index (χ3v) is 3.24. The third-order valence-electron chi connectivity index (χ3n) is 2.32. The molecule has 0 fully saturated rings. The highest BCUT2D eigenvalue weighted by Crippen LogP contribution is 2.26. The van der Waals surface area contributed by atoms with Crippen LogP contribution in [-0.2, 0) is 4.79 Å². The second kappa shape index (κ2) is 4.45. The molecule has 4 heteroatoms. The molecular weight excluding hydrogens is 220 g/mol. The van der Waals surface area contributed by atoms with Crippen molar-refractivity contribution in [2.75, 3.05) is 11.9 Å². The fourth-order valence-corrected chi connectivity index (χ4v) is 2.14. The summed E-state index contributed by atoms with van der Waals surface area (Å²) in [5, 5.41) is 2.69. The predicted octanol–water partition coefficient (Wildman–Crippen LogP) is 2.79. The highest BCUT2D eigenvalue weighted by atomic mass is 32.1. The largest absolute Gasteiger partial charge is 0.291 e. The van der Waals surface area contributed by atoms with Gasteiger partial charge in [-0.25, -0.2) is 4.98 Å². The molecule has 0 bridgehead atoms. The highest BCUT2D eigenvalue weighted by molar-refractivity contribution is 7.14. The number of amides is 1. The first-order valence-electron chi connectivity index (χ1n) is 4.93. The number of aromatic nitrogens is 1. The Morgan fingerprint density at radius 1 is 1.31 bits per heavy atom. The van der Waals surface area contributed by atoms with Crippen LogP contribution in [0.4, 0.5) is 5.13 Å². The average molecular weight is 232 g/mol. The molecule has 1 aromatic carbocycles. The summed E-state index contributed by atoms with van der Waals surface area (Å²) in [7, 11) is 1.73. The minimum atomic E-state index is -0.00559. The van der Waals surface area contributed by atoms with E-state index in [9.17, 15) is 4.79 Å². The predicted molar refractivity (Wildman–Crippen MR) is 66.6 cm³/mol. The average Bonchev–Trinajstić information content (AvgIpc) is 2.78. The molecule has 82 valence electrons. The van der Waals surface area contributed by atoms with E-state index in [4.69, 9.17) is 0 Å². The number of rotatable bonds is 2. The molecule has 0 aliphatic heterocycles. The first kappa shape index (κ1) is 10.8. The Balaban J connectivity index is 2.30. The lowest BCUT2D eigenvalue weighted by Gasteiger charge is -2.09. The van der Waals surface area contributed by atoms with Crippen LogP contribution in [0.3, 0.4) is 0 Å². The standard InChI is InChI=1S/C12H12N2OS/c1-9(15)14(2)12-13-11(8-16-12)10-6-4-3-5-7-10/h3-8H,1-2H3. The quantitative estimate of drug-likeness (QED) is 0.797. The number of carbonyl (C=O) groups is 1. The first-order valence-corrected chi connectivity index (χ1v) is 5.81. The van der Waals surface area contributed by atoms with E-state index in [1.807, 2.05) is 35.7 Å². The Morgan fingerprint density at radius 2 is 2.00 bits per heavy atom. The summed E-state index contributed by atoms with van der Waals surface area (Å²) in [6.07, 6.45) is 0. The van der Waals surface area contributed by atoms with Crippen molar-refractivity contribution in [3.63, 3.8) is 0 Å². The highest BCUT2D eigenvalue weighted by Gasteiger charge is 2.10. The zero-order chi connectivity index (χ0) is 11.5. The van der Waals surface area contributed by atoms with E-state index in [1.165, 1.54) is 18.3 Å². The number of anilines is 1. The molecule has 0 aliphatic carbocycles. The van der Waals surface area contributed by atoms with Gasteiger partial charge < -0.3 is 0 Å². The van der Waals surface area contributed by atoms with Crippen molar-refractivity contribution in [1.82, 2.24) is 4.98 Å². The molecule has 0 aliphatic rings. The molecule has 1 aromatic heterocycles. The molecule has 0 saturated carbocycles. The number of hydrogen-bond donors (Lipinski definition) is 0. The van der Waals surface area contributed by atoms with Crippen molar-refractivity contribution >= 4 is 22.4 Å². The number of benzene rings is 1. The lowest BCUT2D eigenvalue weighted by molar-refractivity contribution is -0.116. The summed E-state index contributed by atoms with van der Waals surface area (Å²) in [5.41, 5.74) is 1.98. The molecule has 0 unspecified atom stereocenters. The maximum Gasteiger partial charge on any atom is 0.225 e. The van der Waals surface area contributed by atoms with Crippen molar-refractivity contribution in [3.05, 3.63) is 35.7 Å². The number of carbonyl (C=O) groups excluding carboxylic acids is 1. The Bertz CT molecular complexity index is 493. The summed E-state index contributed by atoms with van der Waals surface area (Å²) >= 11 is 1.47. The fourth-order valence-electron chi connectivity index (χ4n) is 1.29. The zero-order valence-corrected chi connectivity index (χ0v) is 9.99. The van der Waals surface area contributed by atoms with E-state index in [1.54, 1.807) is 11.9 Å². The van der Waals surface area contributed by atoms with Gasteiger partial charge in [-0.3, -0.25) is 9.69 Å². The molecule has 0 N–H and O–H groups in total. The van der Waals surface area contributed by atoms with Crippen LogP contribution < -0.4 is 4.90 Å². The van der Waals surface area contributed by atoms with E-state index < -0.39 is 0 Å². The molecule has 3 nitrogen and oxygen atoms in total. The molecule has 16 heavy (non-hydrogen) atoms. The van der Waals surface area contributed by atoms with E-state index in [0.29, 0.717) is 0 Å². The molecule has 0 radical (unpaired) electrons. The lowest BCUT2D eigenvalue weighted by Crippen LogP contribution is -2.22. The molecule has 0 saturated heterocycles. The summed E-state index contributed by atoms with van der Waals surface area (Å²) in [6, 6.07) is 9.93. The van der Waals surface area contributed by atoms with E-state index in [0.717, 1.165) is 16.4 Å². The SMILES string of the molecule is CC(=O)N(C)c1nc(-c2ccccc2)cs1. The summed E-state index contributed by atoms with van der Waals surface area (Å²) < 4.78 is 0. The normalized spacial score (nSPS) is 10.1. The zero-order valence-electron chi connectivity index (χ0n) is 9.18. The second-order valence-corrected chi connectivity index (χ2v) is 4.30. The number of hydrogen-bond acceptors (Lipinski definition) is 3. The Labute approximate surface area is 98.4 Å². The summed E-state index contributed by atoms with van der Waals surface area (Å²) in [4.78, 5) is 17.2. The van der Waals surface area contributed by atoms with Gasteiger partial charge in [0.25, 0.3) is 0 Å². The van der Waals surface area contributed by atoms with Crippen LogP contribution in [0.15, 0.2) is 35.7 Å². The van der Waals surface area contributed by atoms with Gasteiger partial charge >= 0.3 is 0 Å². The summed E-state index contributed by atoms with van der Waals surface area (Å²) in [5.74, 6) is -0.00559.